The van der Waals surface area contributed by atoms with E-state index in [1.54, 1.807) is 24.3 Å². The third kappa shape index (κ3) is 5.18. The van der Waals surface area contributed by atoms with Gasteiger partial charge in [0.05, 0.1) is 12.0 Å². The Morgan fingerprint density at radius 1 is 1.25 bits per heavy atom. The van der Waals surface area contributed by atoms with Gasteiger partial charge in [0, 0.05) is 25.4 Å². The van der Waals surface area contributed by atoms with Gasteiger partial charge in [-0.1, -0.05) is 12.1 Å². The predicted octanol–water partition coefficient (Wildman–Crippen LogP) is 1.10. The molecule has 1 rings (SSSR count). The van der Waals surface area contributed by atoms with E-state index in [-0.39, 0.29) is 6.04 Å². The molecule has 0 radical (unpaired) electrons. The van der Waals surface area contributed by atoms with Crippen LogP contribution < -0.4 is 10.6 Å². The molecule has 20 heavy (non-hydrogen) atoms. The van der Waals surface area contributed by atoms with Crippen molar-refractivity contribution in [1.82, 2.24) is 10.6 Å². The highest BCUT2D eigenvalue weighted by Crippen LogP contribution is 2.15. The van der Waals surface area contributed by atoms with Gasteiger partial charge in [-0.15, -0.1) is 0 Å². The minimum Gasteiger partial charge on any atom is -0.453 e. The highest BCUT2D eigenvalue weighted by molar-refractivity contribution is 7.90. The number of hydrogen-bond donors (Lipinski definition) is 2. The molecule has 0 bridgehead atoms. The van der Waals surface area contributed by atoms with Crippen LogP contribution in [-0.4, -0.2) is 41.0 Å². The first-order valence-electron chi connectivity index (χ1n) is 6.20. The topological polar surface area (TPSA) is 84.5 Å². The summed E-state index contributed by atoms with van der Waals surface area (Å²) in [6.07, 6.45) is 0.722. The van der Waals surface area contributed by atoms with Crippen LogP contribution in [0.25, 0.3) is 0 Å². The van der Waals surface area contributed by atoms with E-state index in [9.17, 15) is 13.2 Å². The van der Waals surface area contributed by atoms with Gasteiger partial charge in [-0.3, -0.25) is 0 Å². The van der Waals surface area contributed by atoms with E-state index in [4.69, 9.17) is 0 Å². The van der Waals surface area contributed by atoms with Gasteiger partial charge >= 0.3 is 6.09 Å². The molecule has 0 aromatic heterocycles. The maximum Gasteiger partial charge on any atom is 0.406 e. The summed E-state index contributed by atoms with van der Waals surface area (Å²) < 4.78 is 27.2. The lowest BCUT2D eigenvalue weighted by atomic mass is 10.1. The summed E-state index contributed by atoms with van der Waals surface area (Å²) in [6, 6.07) is 6.80. The van der Waals surface area contributed by atoms with Gasteiger partial charge < -0.3 is 15.4 Å². The summed E-state index contributed by atoms with van der Waals surface area (Å²) in [5.41, 5.74) is 0.982. The van der Waals surface area contributed by atoms with Gasteiger partial charge in [0.15, 0.2) is 9.84 Å². The number of amides is 1. The zero-order valence-electron chi connectivity index (χ0n) is 11.8. The largest absolute Gasteiger partial charge is 0.453 e. The Hall–Kier alpha value is -1.60. The van der Waals surface area contributed by atoms with Gasteiger partial charge in [-0.2, -0.15) is 0 Å². The second kappa shape index (κ2) is 7.25. The fraction of sp³-hybridized carbons (Fsp3) is 0.462. The molecule has 0 fully saturated rings. The third-order valence-electron chi connectivity index (χ3n) is 2.84. The number of rotatable bonds is 6. The summed E-state index contributed by atoms with van der Waals surface area (Å²) in [4.78, 5) is 11.1. The summed E-state index contributed by atoms with van der Waals surface area (Å²) in [5, 5.41) is 5.78. The molecule has 0 aliphatic carbocycles. The first-order chi connectivity index (χ1) is 9.34. The van der Waals surface area contributed by atoms with E-state index < -0.39 is 15.9 Å². The van der Waals surface area contributed by atoms with Crippen LogP contribution in [0.5, 0.6) is 0 Å². The second-order valence-corrected chi connectivity index (χ2v) is 6.45. The molecular formula is C13H20N2O4S. The molecular weight excluding hydrogens is 280 g/mol. The number of carbonyl (C=O) groups excluding carboxylic acids is 1. The van der Waals surface area contributed by atoms with Crippen molar-refractivity contribution in [2.75, 3.05) is 26.5 Å². The SMILES string of the molecule is COC(=O)NCCNC(C)c1ccc(S(C)(=O)=O)cc1. The van der Waals surface area contributed by atoms with Gasteiger partial charge in [-0.05, 0) is 24.6 Å². The highest BCUT2D eigenvalue weighted by atomic mass is 32.2. The summed E-state index contributed by atoms with van der Waals surface area (Å²) >= 11 is 0. The van der Waals surface area contributed by atoms with Crippen molar-refractivity contribution in [2.45, 2.75) is 17.9 Å². The van der Waals surface area contributed by atoms with E-state index in [2.05, 4.69) is 15.4 Å². The van der Waals surface area contributed by atoms with Gasteiger partial charge in [0.1, 0.15) is 0 Å². The summed E-state index contributed by atoms with van der Waals surface area (Å²) in [6.45, 7) is 3.01. The van der Waals surface area contributed by atoms with Crippen molar-refractivity contribution in [3.05, 3.63) is 29.8 Å². The van der Waals surface area contributed by atoms with E-state index in [0.29, 0.717) is 18.0 Å². The molecule has 1 atom stereocenters. The number of nitrogens with one attached hydrogen (secondary N) is 2. The van der Waals surface area contributed by atoms with Crippen molar-refractivity contribution in [2.24, 2.45) is 0 Å². The fourth-order valence-electron chi connectivity index (χ4n) is 1.65. The maximum absolute atomic E-state index is 11.3. The van der Waals surface area contributed by atoms with Crippen molar-refractivity contribution < 1.29 is 17.9 Å². The van der Waals surface area contributed by atoms with Crippen LogP contribution in [0.3, 0.4) is 0 Å². The first kappa shape index (κ1) is 16.5. The van der Waals surface area contributed by atoms with Crippen LogP contribution in [0.2, 0.25) is 0 Å². The molecule has 0 saturated carbocycles. The number of sulfone groups is 1. The van der Waals surface area contributed by atoms with Crippen LogP contribution in [0.1, 0.15) is 18.5 Å². The van der Waals surface area contributed by atoms with Crippen LogP contribution in [0, 0.1) is 0 Å². The lowest BCUT2D eigenvalue weighted by molar-refractivity contribution is 0.171. The average Bonchev–Trinajstić information content (AvgIpc) is 2.42. The minimum atomic E-state index is -3.16. The number of hydrogen-bond acceptors (Lipinski definition) is 5. The Bertz CT molecular complexity index is 540. The Morgan fingerprint density at radius 2 is 1.85 bits per heavy atom. The number of alkyl carbamates (subject to hydrolysis) is 1. The number of methoxy groups -OCH3 is 1. The zero-order valence-corrected chi connectivity index (χ0v) is 12.7. The predicted molar refractivity (Wildman–Crippen MR) is 76.4 cm³/mol. The second-order valence-electron chi connectivity index (χ2n) is 4.44. The quantitative estimate of drug-likeness (QED) is 0.768. The highest BCUT2D eigenvalue weighted by Gasteiger charge is 2.09. The molecule has 0 saturated heterocycles. The van der Waals surface area contributed by atoms with E-state index >= 15 is 0 Å². The third-order valence-corrected chi connectivity index (χ3v) is 3.97. The molecule has 6 nitrogen and oxygen atoms in total. The van der Waals surface area contributed by atoms with Crippen molar-refractivity contribution in [3.63, 3.8) is 0 Å². The van der Waals surface area contributed by atoms with E-state index in [1.165, 1.54) is 13.4 Å². The molecule has 1 aromatic carbocycles. The van der Waals surface area contributed by atoms with Crippen LogP contribution in [0.15, 0.2) is 29.2 Å². The van der Waals surface area contributed by atoms with Crippen molar-refractivity contribution >= 4 is 15.9 Å². The number of ether oxygens (including phenoxy) is 1. The Balaban J connectivity index is 2.48. The molecule has 0 aliphatic heterocycles. The molecule has 1 unspecified atom stereocenters. The van der Waals surface area contributed by atoms with Crippen LogP contribution in [-0.2, 0) is 14.6 Å². The van der Waals surface area contributed by atoms with Gasteiger partial charge in [-0.25, -0.2) is 13.2 Å². The van der Waals surface area contributed by atoms with Gasteiger partial charge in [0.25, 0.3) is 0 Å². The van der Waals surface area contributed by atoms with Crippen molar-refractivity contribution in [1.29, 1.82) is 0 Å². The smallest absolute Gasteiger partial charge is 0.406 e. The van der Waals surface area contributed by atoms with Crippen LogP contribution in [0.4, 0.5) is 4.79 Å². The number of carbonyl (C=O) groups is 1. The summed E-state index contributed by atoms with van der Waals surface area (Å²) in [7, 11) is -1.85. The zero-order chi connectivity index (χ0) is 15.2. The fourth-order valence-corrected chi connectivity index (χ4v) is 2.28. The molecule has 0 spiro atoms. The summed E-state index contributed by atoms with van der Waals surface area (Å²) in [5.74, 6) is 0. The standard InChI is InChI=1S/C13H20N2O4S/c1-10(14-8-9-15-13(16)19-2)11-4-6-12(7-5-11)20(3,17)18/h4-7,10,14H,8-9H2,1-3H3,(H,15,16). The molecule has 2 N–H and O–H groups in total. The normalized spacial score (nSPS) is 12.8. The Morgan fingerprint density at radius 3 is 2.35 bits per heavy atom. The molecule has 0 aliphatic rings. The molecule has 1 aromatic rings. The Labute approximate surface area is 119 Å². The minimum absolute atomic E-state index is 0.0584. The van der Waals surface area contributed by atoms with Crippen LogP contribution >= 0.6 is 0 Å². The van der Waals surface area contributed by atoms with Crippen molar-refractivity contribution in [3.8, 4) is 0 Å². The monoisotopic (exact) mass is 300 g/mol. The molecule has 0 heterocycles. The molecule has 1 amide bonds. The molecule has 112 valence electrons. The average molecular weight is 300 g/mol. The Kier molecular flexibility index (Phi) is 5.97. The molecule has 7 heteroatoms. The lowest BCUT2D eigenvalue weighted by Gasteiger charge is -2.14. The lowest BCUT2D eigenvalue weighted by Crippen LogP contribution is -2.32. The van der Waals surface area contributed by atoms with E-state index in [1.807, 2.05) is 6.92 Å². The maximum atomic E-state index is 11.3. The van der Waals surface area contributed by atoms with E-state index in [0.717, 1.165) is 5.56 Å². The number of benzene rings is 1. The van der Waals surface area contributed by atoms with Gasteiger partial charge in [0.2, 0.25) is 0 Å². The first-order valence-corrected chi connectivity index (χ1v) is 8.09.